The second-order valence-corrected chi connectivity index (χ2v) is 5.85. The molecule has 2 N–H and O–H groups in total. The van der Waals surface area contributed by atoms with Crippen LogP contribution in [0.1, 0.15) is 29.8 Å². The van der Waals surface area contributed by atoms with Gasteiger partial charge in [-0.25, -0.2) is 0 Å². The van der Waals surface area contributed by atoms with Crippen LogP contribution in [0.4, 0.5) is 0 Å². The molecule has 0 aliphatic rings. The summed E-state index contributed by atoms with van der Waals surface area (Å²) in [5.74, 6) is -0.0171. The number of hydrogen-bond donors (Lipinski definition) is 1. The number of nitrogens with zero attached hydrogens (tertiary/aromatic N) is 1. The summed E-state index contributed by atoms with van der Waals surface area (Å²) in [6.45, 7) is 7.11. The molecule has 1 rings (SSSR count). The number of carbonyl (C=O) groups is 1. The fourth-order valence-corrected chi connectivity index (χ4v) is 2.00. The number of halogens is 1. The Morgan fingerprint density at radius 2 is 2.06 bits per heavy atom. The van der Waals surface area contributed by atoms with Crippen LogP contribution in [0, 0.1) is 12.3 Å². The average molecular weight is 269 g/mol. The third kappa shape index (κ3) is 3.47. The zero-order valence-corrected chi connectivity index (χ0v) is 12.2. The zero-order chi connectivity index (χ0) is 13.9. The van der Waals surface area contributed by atoms with E-state index in [0.717, 1.165) is 5.56 Å². The SMILES string of the molecule is Cc1c(Cl)cccc1C(=O)N(C)CC(C)(C)CN. The summed E-state index contributed by atoms with van der Waals surface area (Å²) in [7, 11) is 1.79. The second kappa shape index (κ2) is 5.72. The van der Waals surface area contributed by atoms with E-state index in [0.29, 0.717) is 23.7 Å². The van der Waals surface area contributed by atoms with Crippen LogP contribution in [0.2, 0.25) is 5.02 Å². The molecule has 0 radical (unpaired) electrons. The van der Waals surface area contributed by atoms with Gasteiger partial charge in [-0.2, -0.15) is 0 Å². The van der Waals surface area contributed by atoms with Crippen molar-refractivity contribution in [1.29, 1.82) is 0 Å². The molecule has 4 heteroatoms. The highest BCUT2D eigenvalue weighted by Crippen LogP contribution is 2.21. The minimum Gasteiger partial charge on any atom is -0.341 e. The van der Waals surface area contributed by atoms with Crippen molar-refractivity contribution in [2.75, 3.05) is 20.1 Å². The first-order valence-corrected chi connectivity index (χ1v) is 6.37. The maximum atomic E-state index is 12.3. The Morgan fingerprint density at radius 3 is 2.61 bits per heavy atom. The van der Waals surface area contributed by atoms with Crippen molar-refractivity contribution in [2.45, 2.75) is 20.8 Å². The van der Waals surface area contributed by atoms with Gasteiger partial charge in [0.25, 0.3) is 5.91 Å². The van der Waals surface area contributed by atoms with Crippen molar-refractivity contribution >= 4 is 17.5 Å². The number of rotatable bonds is 4. The van der Waals surface area contributed by atoms with Crippen LogP contribution < -0.4 is 5.73 Å². The molecule has 1 aromatic carbocycles. The van der Waals surface area contributed by atoms with Gasteiger partial charge in [0.05, 0.1) is 0 Å². The number of hydrogen-bond acceptors (Lipinski definition) is 2. The molecule has 0 aliphatic heterocycles. The number of carbonyl (C=O) groups excluding carboxylic acids is 1. The minimum atomic E-state index is -0.0864. The van der Waals surface area contributed by atoms with Gasteiger partial charge in [-0.15, -0.1) is 0 Å². The van der Waals surface area contributed by atoms with E-state index in [2.05, 4.69) is 0 Å². The summed E-state index contributed by atoms with van der Waals surface area (Å²) in [6.07, 6.45) is 0. The lowest BCUT2D eigenvalue weighted by molar-refractivity contribution is 0.0740. The van der Waals surface area contributed by atoms with E-state index in [4.69, 9.17) is 17.3 Å². The molecule has 0 heterocycles. The summed E-state index contributed by atoms with van der Waals surface area (Å²) in [6, 6.07) is 5.39. The molecule has 0 saturated heterocycles. The van der Waals surface area contributed by atoms with Gasteiger partial charge < -0.3 is 10.6 Å². The number of amides is 1. The summed E-state index contributed by atoms with van der Waals surface area (Å²) in [4.78, 5) is 14.0. The molecular weight excluding hydrogens is 248 g/mol. The van der Waals surface area contributed by atoms with Crippen molar-refractivity contribution < 1.29 is 4.79 Å². The van der Waals surface area contributed by atoms with Gasteiger partial charge in [0, 0.05) is 24.2 Å². The van der Waals surface area contributed by atoms with E-state index < -0.39 is 0 Å². The van der Waals surface area contributed by atoms with Gasteiger partial charge in [-0.3, -0.25) is 4.79 Å². The molecule has 0 saturated carbocycles. The highest BCUT2D eigenvalue weighted by molar-refractivity contribution is 6.31. The van der Waals surface area contributed by atoms with Gasteiger partial charge in [-0.1, -0.05) is 31.5 Å². The fourth-order valence-electron chi connectivity index (χ4n) is 1.82. The maximum Gasteiger partial charge on any atom is 0.253 e. The standard InChI is InChI=1S/C14H21ClN2O/c1-10-11(6-5-7-12(10)15)13(18)17(4)9-14(2,3)8-16/h5-7H,8-9,16H2,1-4H3. The summed E-state index contributed by atoms with van der Waals surface area (Å²) in [5.41, 5.74) is 7.07. The number of benzene rings is 1. The summed E-state index contributed by atoms with van der Waals surface area (Å²) >= 11 is 6.03. The highest BCUT2D eigenvalue weighted by atomic mass is 35.5. The topological polar surface area (TPSA) is 46.3 Å². The highest BCUT2D eigenvalue weighted by Gasteiger charge is 2.23. The Morgan fingerprint density at radius 1 is 1.44 bits per heavy atom. The Kier molecular flexibility index (Phi) is 4.77. The average Bonchev–Trinajstić information content (AvgIpc) is 2.31. The Hall–Kier alpha value is -1.06. The quantitative estimate of drug-likeness (QED) is 0.913. The lowest BCUT2D eigenvalue weighted by atomic mass is 9.93. The first-order valence-electron chi connectivity index (χ1n) is 5.99. The molecule has 0 bridgehead atoms. The van der Waals surface area contributed by atoms with E-state index in [1.165, 1.54) is 0 Å². The predicted molar refractivity (Wildman–Crippen MR) is 76.0 cm³/mol. The van der Waals surface area contributed by atoms with E-state index in [9.17, 15) is 4.79 Å². The smallest absolute Gasteiger partial charge is 0.253 e. The molecule has 3 nitrogen and oxygen atoms in total. The molecule has 100 valence electrons. The molecule has 1 aromatic rings. The molecule has 18 heavy (non-hydrogen) atoms. The van der Waals surface area contributed by atoms with Gasteiger partial charge >= 0.3 is 0 Å². The van der Waals surface area contributed by atoms with Gasteiger partial charge in [0.15, 0.2) is 0 Å². The van der Waals surface area contributed by atoms with Crippen molar-refractivity contribution in [3.05, 3.63) is 34.3 Å². The lowest BCUT2D eigenvalue weighted by Gasteiger charge is -2.29. The van der Waals surface area contributed by atoms with Crippen molar-refractivity contribution in [1.82, 2.24) is 4.90 Å². The third-order valence-corrected chi connectivity index (χ3v) is 3.47. The predicted octanol–water partition coefficient (Wildman–Crippen LogP) is 2.71. The van der Waals surface area contributed by atoms with E-state index in [-0.39, 0.29) is 11.3 Å². The summed E-state index contributed by atoms with van der Waals surface area (Å²) in [5, 5.41) is 0.618. The van der Waals surface area contributed by atoms with Crippen LogP contribution in [-0.2, 0) is 0 Å². The van der Waals surface area contributed by atoms with Crippen LogP contribution in [0.15, 0.2) is 18.2 Å². The first kappa shape index (κ1) is 15.0. The Labute approximate surface area is 114 Å². The Balaban J connectivity index is 2.91. The van der Waals surface area contributed by atoms with Gasteiger partial charge in [0.2, 0.25) is 0 Å². The summed E-state index contributed by atoms with van der Waals surface area (Å²) < 4.78 is 0. The van der Waals surface area contributed by atoms with Crippen LogP contribution in [0.5, 0.6) is 0 Å². The molecule has 0 fully saturated rings. The normalized spacial score (nSPS) is 11.4. The first-order chi connectivity index (χ1) is 8.28. The van der Waals surface area contributed by atoms with Crippen molar-refractivity contribution in [2.24, 2.45) is 11.1 Å². The van der Waals surface area contributed by atoms with E-state index >= 15 is 0 Å². The van der Waals surface area contributed by atoms with E-state index in [1.54, 1.807) is 30.1 Å². The van der Waals surface area contributed by atoms with Gasteiger partial charge in [0.1, 0.15) is 0 Å². The lowest BCUT2D eigenvalue weighted by Crippen LogP contribution is -2.40. The minimum absolute atomic E-state index is 0.0171. The van der Waals surface area contributed by atoms with Crippen LogP contribution in [-0.4, -0.2) is 30.9 Å². The molecule has 0 spiro atoms. The molecule has 0 unspecified atom stereocenters. The third-order valence-electron chi connectivity index (χ3n) is 3.06. The number of nitrogens with two attached hydrogens (primary N) is 1. The molecular formula is C14H21ClN2O. The second-order valence-electron chi connectivity index (χ2n) is 5.44. The van der Waals surface area contributed by atoms with Gasteiger partial charge in [-0.05, 0) is 36.6 Å². The van der Waals surface area contributed by atoms with Crippen molar-refractivity contribution in [3.63, 3.8) is 0 Å². The van der Waals surface area contributed by atoms with E-state index in [1.807, 2.05) is 20.8 Å². The zero-order valence-electron chi connectivity index (χ0n) is 11.5. The molecule has 0 aliphatic carbocycles. The monoisotopic (exact) mass is 268 g/mol. The van der Waals surface area contributed by atoms with Crippen molar-refractivity contribution in [3.8, 4) is 0 Å². The molecule has 1 amide bonds. The maximum absolute atomic E-state index is 12.3. The molecule has 0 atom stereocenters. The van der Waals surface area contributed by atoms with Crippen LogP contribution in [0.25, 0.3) is 0 Å². The largest absolute Gasteiger partial charge is 0.341 e. The molecule has 0 aromatic heterocycles. The Bertz CT molecular complexity index is 443. The van der Waals surface area contributed by atoms with Crippen LogP contribution in [0.3, 0.4) is 0 Å². The van der Waals surface area contributed by atoms with Crippen LogP contribution >= 0.6 is 11.6 Å². The fraction of sp³-hybridized carbons (Fsp3) is 0.500.